The van der Waals surface area contributed by atoms with Crippen LogP contribution in [0, 0.1) is 6.92 Å². The van der Waals surface area contributed by atoms with Gasteiger partial charge in [0.05, 0.1) is 6.20 Å². The fraction of sp³-hybridized carbons (Fsp3) is 0.462. The Labute approximate surface area is 114 Å². The van der Waals surface area contributed by atoms with Gasteiger partial charge in [0, 0.05) is 6.20 Å². The van der Waals surface area contributed by atoms with Gasteiger partial charge in [-0.05, 0) is 30.9 Å². The molecular formula is C13H14ClF3N2. The number of nitrogens with zero attached hydrogens (tertiary/aromatic N) is 2. The summed E-state index contributed by atoms with van der Waals surface area (Å²) in [7, 11) is 0. The first-order chi connectivity index (χ1) is 8.86. The summed E-state index contributed by atoms with van der Waals surface area (Å²) in [6.07, 6.45) is 0.852. The number of pyridine rings is 1. The zero-order valence-electron chi connectivity index (χ0n) is 10.7. The first-order valence-electron chi connectivity index (χ1n) is 6.08. The van der Waals surface area contributed by atoms with Crippen LogP contribution in [0.4, 0.5) is 13.2 Å². The summed E-state index contributed by atoms with van der Waals surface area (Å²) in [5, 5.41) is 0.193. The number of unbranched alkanes of at least 4 members (excludes halogenated alkanes) is 1. The molecule has 0 N–H and O–H groups in total. The molecule has 0 aliphatic heterocycles. The van der Waals surface area contributed by atoms with E-state index in [9.17, 15) is 13.2 Å². The monoisotopic (exact) mass is 290 g/mol. The van der Waals surface area contributed by atoms with Crippen LogP contribution in [0.25, 0.3) is 5.65 Å². The van der Waals surface area contributed by atoms with Gasteiger partial charge < -0.3 is 0 Å². The second-order valence-corrected chi connectivity index (χ2v) is 4.92. The topological polar surface area (TPSA) is 17.3 Å². The van der Waals surface area contributed by atoms with Crippen LogP contribution < -0.4 is 0 Å². The van der Waals surface area contributed by atoms with E-state index < -0.39 is 11.7 Å². The lowest BCUT2D eigenvalue weighted by Crippen LogP contribution is -2.13. The number of imidazole rings is 1. The van der Waals surface area contributed by atoms with Crippen molar-refractivity contribution in [3.63, 3.8) is 0 Å². The molecule has 2 aromatic rings. The molecule has 0 aliphatic carbocycles. The predicted molar refractivity (Wildman–Crippen MR) is 68.6 cm³/mol. The maximum atomic E-state index is 13.2. The molecule has 0 aromatic carbocycles. The minimum atomic E-state index is -4.43. The number of rotatable bonds is 3. The molecule has 0 bridgehead atoms. The molecule has 0 atom stereocenters. The molecule has 2 aromatic heterocycles. The lowest BCUT2D eigenvalue weighted by molar-refractivity contribution is -0.137. The van der Waals surface area contributed by atoms with Gasteiger partial charge in [-0.25, -0.2) is 4.98 Å². The van der Waals surface area contributed by atoms with E-state index >= 15 is 0 Å². The van der Waals surface area contributed by atoms with Crippen molar-refractivity contribution in [2.45, 2.75) is 39.3 Å². The van der Waals surface area contributed by atoms with E-state index in [4.69, 9.17) is 11.6 Å². The molecule has 0 saturated heterocycles. The van der Waals surface area contributed by atoms with Gasteiger partial charge in [0.1, 0.15) is 10.7 Å². The molecule has 0 unspecified atom stereocenters. The predicted octanol–water partition coefficient (Wildman–Crippen LogP) is 4.66. The van der Waals surface area contributed by atoms with Gasteiger partial charge in [-0.15, -0.1) is 0 Å². The van der Waals surface area contributed by atoms with E-state index in [1.54, 1.807) is 6.20 Å². The molecule has 0 radical (unpaired) electrons. The third-order valence-electron chi connectivity index (χ3n) is 3.20. The molecule has 0 fully saturated rings. The molecule has 2 rings (SSSR count). The van der Waals surface area contributed by atoms with Gasteiger partial charge in [-0.2, -0.15) is 13.2 Å². The van der Waals surface area contributed by atoms with E-state index in [1.807, 2.05) is 6.92 Å². The Bertz CT molecular complexity index is 602. The van der Waals surface area contributed by atoms with E-state index in [0.717, 1.165) is 12.8 Å². The van der Waals surface area contributed by atoms with Gasteiger partial charge in [0.2, 0.25) is 0 Å². The molecule has 0 aliphatic rings. The maximum absolute atomic E-state index is 13.2. The first-order valence-corrected chi connectivity index (χ1v) is 6.46. The van der Waals surface area contributed by atoms with Crippen LogP contribution in [0.1, 0.15) is 36.5 Å². The highest BCUT2D eigenvalue weighted by molar-refractivity contribution is 6.29. The quantitative estimate of drug-likeness (QED) is 0.804. The number of hydrogen-bond donors (Lipinski definition) is 0. The summed E-state index contributed by atoms with van der Waals surface area (Å²) in [4.78, 5) is 3.78. The zero-order valence-corrected chi connectivity index (χ0v) is 11.4. The zero-order chi connectivity index (χ0) is 14.2. The third-order valence-corrected chi connectivity index (χ3v) is 3.48. The number of fused-ring (bicyclic) bond motifs is 1. The van der Waals surface area contributed by atoms with Crippen LogP contribution in [0.15, 0.2) is 12.4 Å². The lowest BCUT2D eigenvalue weighted by atomic mass is 10.0. The van der Waals surface area contributed by atoms with Gasteiger partial charge in [-0.1, -0.05) is 24.9 Å². The average Bonchev–Trinajstić information content (AvgIpc) is 2.66. The summed E-state index contributed by atoms with van der Waals surface area (Å²) in [5.41, 5.74) is 0.0977. The van der Waals surface area contributed by atoms with Crippen molar-refractivity contribution >= 4 is 17.2 Å². The standard InChI is InChI=1S/C13H14ClF3N2/c1-3-4-5-9-7-19-10(14)6-18-12(19)11(8(9)2)13(15,16)17/h6-7H,3-5H2,1-2H3. The van der Waals surface area contributed by atoms with Crippen molar-refractivity contribution < 1.29 is 13.2 Å². The minimum Gasteiger partial charge on any atom is -0.290 e. The molecular weight excluding hydrogens is 277 g/mol. The molecule has 0 spiro atoms. The van der Waals surface area contributed by atoms with Crippen molar-refractivity contribution in [2.24, 2.45) is 0 Å². The first kappa shape index (κ1) is 14.2. The average molecular weight is 291 g/mol. The van der Waals surface area contributed by atoms with Gasteiger partial charge in [0.25, 0.3) is 0 Å². The van der Waals surface area contributed by atoms with Crippen LogP contribution in [0.5, 0.6) is 0 Å². The van der Waals surface area contributed by atoms with Gasteiger partial charge in [-0.3, -0.25) is 4.40 Å². The van der Waals surface area contributed by atoms with E-state index in [2.05, 4.69) is 4.98 Å². The highest BCUT2D eigenvalue weighted by atomic mass is 35.5. The molecule has 2 heterocycles. The fourth-order valence-electron chi connectivity index (χ4n) is 2.19. The summed E-state index contributed by atoms with van der Waals surface area (Å²) >= 11 is 5.89. The molecule has 0 saturated carbocycles. The molecule has 0 amide bonds. The second-order valence-electron chi connectivity index (χ2n) is 4.53. The maximum Gasteiger partial charge on any atom is 0.420 e. The van der Waals surface area contributed by atoms with Gasteiger partial charge >= 0.3 is 6.18 Å². The Balaban J connectivity index is 2.71. The Morgan fingerprint density at radius 1 is 1.37 bits per heavy atom. The number of aromatic nitrogens is 2. The Morgan fingerprint density at radius 2 is 2.05 bits per heavy atom. The molecule has 104 valence electrons. The smallest absolute Gasteiger partial charge is 0.290 e. The number of alkyl halides is 3. The van der Waals surface area contributed by atoms with Crippen molar-refractivity contribution in [1.82, 2.24) is 9.38 Å². The van der Waals surface area contributed by atoms with Crippen LogP contribution in [-0.4, -0.2) is 9.38 Å². The van der Waals surface area contributed by atoms with E-state index in [0.29, 0.717) is 12.0 Å². The van der Waals surface area contributed by atoms with E-state index in [1.165, 1.54) is 17.5 Å². The van der Waals surface area contributed by atoms with Gasteiger partial charge in [0.15, 0.2) is 5.65 Å². The third kappa shape index (κ3) is 2.56. The Hall–Kier alpha value is -1.23. The Morgan fingerprint density at radius 3 is 2.63 bits per heavy atom. The number of halogens is 4. The van der Waals surface area contributed by atoms with Crippen molar-refractivity contribution in [2.75, 3.05) is 0 Å². The minimum absolute atomic E-state index is 0.129. The summed E-state index contributed by atoms with van der Waals surface area (Å²) < 4.78 is 40.9. The fourth-order valence-corrected chi connectivity index (χ4v) is 2.37. The summed E-state index contributed by atoms with van der Waals surface area (Å²) in [6.45, 7) is 3.50. The SMILES string of the molecule is CCCCc1cn2c(Cl)cnc2c(C(F)(F)F)c1C. The normalized spacial score (nSPS) is 12.3. The molecule has 19 heavy (non-hydrogen) atoms. The van der Waals surface area contributed by atoms with Crippen LogP contribution >= 0.6 is 11.6 Å². The highest BCUT2D eigenvalue weighted by Crippen LogP contribution is 2.37. The Kier molecular flexibility index (Phi) is 3.76. The van der Waals surface area contributed by atoms with Crippen molar-refractivity contribution in [1.29, 1.82) is 0 Å². The molecule has 6 heteroatoms. The van der Waals surface area contributed by atoms with Crippen molar-refractivity contribution in [3.8, 4) is 0 Å². The van der Waals surface area contributed by atoms with Crippen LogP contribution in [0.2, 0.25) is 5.15 Å². The largest absolute Gasteiger partial charge is 0.420 e. The van der Waals surface area contributed by atoms with Crippen LogP contribution in [0.3, 0.4) is 0 Å². The molecule has 2 nitrogen and oxygen atoms in total. The van der Waals surface area contributed by atoms with E-state index in [-0.39, 0.29) is 16.4 Å². The van der Waals surface area contributed by atoms with Crippen LogP contribution in [-0.2, 0) is 12.6 Å². The number of aryl methyl sites for hydroxylation is 1. The number of hydrogen-bond acceptors (Lipinski definition) is 1. The summed E-state index contributed by atoms with van der Waals surface area (Å²) in [6, 6.07) is 0. The second kappa shape index (κ2) is 5.04. The lowest BCUT2D eigenvalue weighted by Gasteiger charge is -2.15. The van der Waals surface area contributed by atoms with Crippen molar-refractivity contribution in [3.05, 3.63) is 34.2 Å². The highest BCUT2D eigenvalue weighted by Gasteiger charge is 2.37. The summed E-state index contributed by atoms with van der Waals surface area (Å²) in [5.74, 6) is 0.